The molecule has 1 atom stereocenters. The molecule has 7 nitrogen and oxygen atoms in total. The molecule has 0 aliphatic carbocycles. The molecule has 122 valence electrons. The summed E-state index contributed by atoms with van der Waals surface area (Å²) < 4.78 is 24.9. The van der Waals surface area contributed by atoms with Crippen molar-refractivity contribution in [1.82, 2.24) is 19.6 Å². The molecule has 0 spiro atoms. The van der Waals surface area contributed by atoms with Crippen LogP contribution in [0.15, 0.2) is 6.07 Å². The zero-order valence-corrected chi connectivity index (χ0v) is 14.0. The minimum atomic E-state index is -3.15. The van der Waals surface area contributed by atoms with E-state index in [-0.39, 0.29) is 11.8 Å². The van der Waals surface area contributed by atoms with Crippen molar-refractivity contribution >= 4 is 15.9 Å². The molecule has 1 aromatic heterocycles. The summed E-state index contributed by atoms with van der Waals surface area (Å²) in [6, 6.07) is 1.69. The second-order valence-corrected chi connectivity index (χ2v) is 7.69. The van der Waals surface area contributed by atoms with Gasteiger partial charge in [0, 0.05) is 25.8 Å². The van der Waals surface area contributed by atoms with Crippen LogP contribution in [0.2, 0.25) is 0 Å². The summed E-state index contributed by atoms with van der Waals surface area (Å²) in [7, 11) is -1.59. The minimum absolute atomic E-state index is 0.218. The van der Waals surface area contributed by atoms with E-state index in [1.54, 1.807) is 20.0 Å². The van der Waals surface area contributed by atoms with Gasteiger partial charge in [-0.1, -0.05) is 0 Å². The highest BCUT2D eigenvalue weighted by Gasteiger charge is 2.26. The summed E-state index contributed by atoms with van der Waals surface area (Å²) >= 11 is 0. The Kier molecular flexibility index (Phi) is 5.12. The van der Waals surface area contributed by atoms with Gasteiger partial charge >= 0.3 is 0 Å². The predicted octanol–water partition coefficient (Wildman–Crippen LogP) is 0.359. The van der Waals surface area contributed by atoms with Crippen molar-refractivity contribution in [2.45, 2.75) is 26.2 Å². The van der Waals surface area contributed by atoms with E-state index in [1.807, 2.05) is 0 Å². The summed E-state index contributed by atoms with van der Waals surface area (Å²) in [5, 5.41) is 2.55. The molecule has 1 amide bonds. The van der Waals surface area contributed by atoms with Crippen molar-refractivity contribution in [2.24, 2.45) is 5.92 Å². The molecule has 1 unspecified atom stereocenters. The standard InChI is InChI=1S/C14H22N4O3S/c1-10-16-12(8-13(17-10)14(19)15-2)7-11-5-4-6-18(9-11)22(3,20)21/h8,11H,4-7,9H2,1-3H3,(H,15,19). The van der Waals surface area contributed by atoms with E-state index in [2.05, 4.69) is 15.3 Å². The monoisotopic (exact) mass is 326 g/mol. The smallest absolute Gasteiger partial charge is 0.269 e. The highest BCUT2D eigenvalue weighted by molar-refractivity contribution is 7.88. The van der Waals surface area contributed by atoms with Gasteiger partial charge in [0.05, 0.1) is 6.26 Å². The second-order valence-electron chi connectivity index (χ2n) is 5.70. The third-order valence-electron chi connectivity index (χ3n) is 3.80. The van der Waals surface area contributed by atoms with E-state index in [4.69, 9.17) is 0 Å². The van der Waals surface area contributed by atoms with E-state index in [1.165, 1.54) is 10.6 Å². The van der Waals surface area contributed by atoms with Crippen LogP contribution in [0.4, 0.5) is 0 Å². The van der Waals surface area contributed by atoms with Crippen LogP contribution in [0.25, 0.3) is 0 Å². The van der Waals surface area contributed by atoms with Gasteiger partial charge in [-0.2, -0.15) is 0 Å². The Labute approximate surface area is 131 Å². The molecule has 1 N–H and O–H groups in total. The van der Waals surface area contributed by atoms with Crippen LogP contribution in [0.3, 0.4) is 0 Å². The average Bonchev–Trinajstić information content (AvgIpc) is 2.45. The van der Waals surface area contributed by atoms with Gasteiger partial charge in [0.25, 0.3) is 5.91 Å². The molecule has 8 heteroatoms. The number of aromatic nitrogens is 2. The van der Waals surface area contributed by atoms with E-state index >= 15 is 0 Å². The minimum Gasteiger partial charge on any atom is -0.354 e. The highest BCUT2D eigenvalue weighted by Crippen LogP contribution is 2.22. The van der Waals surface area contributed by atoms with Gasteiger partial charge in [0.15, 0.2) is 0 Å². The quantitative estimate of drug-likeness (QED) is 0.862. The fourth-order valence-electron chi connectivity index (χ4n) is 2.77. The summed E-state index contributed by atoms with van der Waals surface area (Å²) in [6.07, 6.45) is 3.71. The van der Waals surface area contributed by atoms with Gasteiger partial charge in [0.1, 0.15) is 11.5 Å². The highest BCUT2D eigenvalue weighted by atomic mass is 32.2. The van der Waals surface area contributed by atoms with E-state index < -0.39 is 10.0 Å². The van der Waals surface area contributed by atoms with Gasteiger partial charge in [-0.05, 0) is 38.2 Å². The van der Waals surface area contributed by atoms with Crippen molar-refractivity contribution in [2.75, 3.05) is 26.4 Å². The number of sulfonamides is 1. The molecule has 1 aliphatic rings. The summed E-state index contributed by atoms with van der Waals surface area (Å²) in [5.41, 5.74) is 1.13. The number of carbonyl (C=O) groups is 1. The largest absolute Gasteiger partial charge is 0.354 e. The summed E-state index contributed by atoms with van der Waals surface area (Å²) in [6.45, 7) is 2.85. The first-order valence-corrected chi connectivity index (χ1v) is 9.16. The second kappa shape index (κ2) is 6.70. The van der Waals surface area contributed by atoms with Crippen LogP contribution >= 0.6 is 0 Å². The van der Waals surface area contributed by atoms with Crippen molar-refractivity contribution in [1.29, 1.82) is 0 Å². The Hall–Kier alpha value is -1.54. The molecular formula is C14H22N4O3S. The summed E-state index contributed by atoms with van der Waals surface area (Å²) in [4.78, 5) is 20.2. The number of rotatable bonds is 4. The fraction of sp³-hybridized carbons (Fsp3) is 0.643. The van der Waals surface area contributed by atoms with Crippen LogP contribution in [0, 0.1) is 12.8 Å². The molecule has 1 aromatic rings. The first-order chi connectivity index (χ1) is 10.3. The molecule has 0 bridgehead atoms. The Morgan fingerprint density at radius 3 is 2.82 bits per heavy atom. The van der Waals surface area contributed by atoms with Gasteiger partial charge < -0.3 is 5.32 Å². The normalized spacial score (nSPS) is 19.9. The summed E-state index contributed by atoms with van der Waals surface area (Å²) in [5.74, 6) is 0.523. The van der Waals surface area contributed by atoms with Gasteiger partial charge in [-0.3, -0.25) is 4.79 Å². The van der Waals surface area contributed by atoms with Gasteiger partial charge in [-0.15, -0.1) is 0 Å². The third kappa shape index (κ3) is 4.23. The van der Waals surface area contributed by atoms with Crippen molar-refractivity contribution in [3.63, 3.8) is 0 Å². The zero-order chi connectivity index (χ0) is 16.3. The van der Waals surface area contributed by atoms with Crippen LogP contribution in [0.1, 0.15) is 34.8 Å². The number of aryl methyl sites for hydroxylation is 1. The van der Waals surface area contributed by atoms with Crippen LogP contribution in [-0.4, -0.2) is 55.0 Å². The molecule has 0 aromatic carbocycles. The number of hydrogen-bond acceptors (Lipinski definition) is 5. The topological polar surface area (TPSA) is 92.3 Å². The Morgan fingerprint density at radius 2 is 2.18 bits per heavy atom. The molecule has 2 rings (SSSR count). The maximum absolute atomic E-state index is 11.7. The third-order valence-corrected chi connectivity index (χ3v) is 5.07. The van der Waals surface area contributed by atoms with Crippen molar-refractivity contribution in [3.05, 3.63) is 23.3 Å². The number of carbonyl (C=O) groups excluding carboxylic acids is 1. The lowest BCUT2D eigenvalue weighted by atomic mass is 9.94. The number of nitrogens with one attached hydrogen (secondary N) is 1. The zero-order valence-electron chi connectivity index (χ0n) is 13.2. The molecule has 0 radical (unpaired) electrons. The van der Waals surface area contributed by atoms with Crippen molar-refractivity contribution < 1.29 is 13.2 Å². The molecule has 1 fully saturated rings. The first-order valence-electron chi connectivity index (χ1n) is 7.31. The molecule has 1 saturated heterocycles. The van der Waals surface area contributed by atoms with Crippen LogP contribution in [-0.2, 0) is 16.4 Å². The van der Waals surface area contributed by atoms with Crippen LogP contribution < -0.4 is 5.32 Å². The maximum atomic E-state index is 11.7. The molecular weight excluding hydrogens is 304 g/mol. The molecule has 22 heavy (non-hydrogen) atoms. The average molecular weight is 326 g/mol. The number of piperidine rings is 1. The van der Waals surface area contributed by atoms with Crippen molar-refractivity contribution in [3.8, 4) is 0 Å². The van der Waals surface area contributed by atoms with Crippen LogP contribution in [0.5, 0.6) is 0 Å². The first kappa shape index (κ1) is 16.8. The molecule has 0 saturated carbocycles. The van der Waals surface area contributed by atoms with E-state index in [0.717, 1.165) is 18.5 Å². The van der Waals surface area contributed by atoms with Gasteiger partial charge in [0.2, 0.25) is 10.0 Å². The lowest BCUT2D eigenvalue weighted by molar-refractivity contribution is 0.0957. The fourth-order valence-corrected chi connectivity index (χ4v) is 3.71. The maximum Gasteiger partial charge on any atom is 0.269 e. The van der Waals surface area contributed by atoms with Gasteiger partial charge in [-0.25, -0.2) is 22.7 Å². The lowest BCUT2D eigenvalue weighted by Crippen LogP contribution is -2.39. The lowest BCUT2D eigenvalue weighted by Gasteiger charge is -2.30. The number of hydrogen-bond donors (Lipinski definition) is 1. The number of nitrogens with zero attached hydrogens (tertiary/aromatic N) is 3. The SMILES string of the molecule is CNC(=O)c1cc(CC2CCCN(S(C)(=O)=O)C2)nc(C)n1. The van der Waals surface area contributed by atoms with E-state index in [9.17, 15) is 13.2 Å². The Balaban J connectivity index is 2.13. The predicted molar refractivity (Wildman–Crippen MR) is 83.0 cm³/mol. The Morgan fingerprint density at radius 1 is 1.45 bits per heavy atom. The molecule has 1 aliphatic heterocycles. The van der Waals surface area contributed by atoms with E-state index in [0.29, 0.717) is 31.0 Å². The number of amides is 1. The molecule has 2 heterocycles. The Bertz CT molecular complexity index is 660.